The summed E-state index contributed by atoms with van der Waals surface area (Å²) in [6, 6.07) is 19.0. The first-order chi connectivity index (χ1) is 22.6. The van der Waals surface area contributed by atoms with E-state index in [1.165, 1.54) is 75.4 Å². The zero-order valence-corrected chi connectivity index (χ0v) is 41.5. The van der Waals surface area contributed by atoms with Crippen molar-refractivity contribution in [2.24, 2.45) is 0 Å². The Kier molecular flexibility index (Phi) is 30.7. The Bertz CT molecular complexity index is 1880. The van der Waals surface area contributed by atoms with Crippen molar-refractivity contribution in [3.05, 3.63) is 112 Å². The number of aromatic carboxylic acids is 1. The van der Waals surface area contributed by atoms with E-state index in [-0.39, 0.29) is 62.8 Å². The van der Waals surface area contributed by atoms with Crippen molar-refractivity contribution in [3.8, 4) is 17.0 Å². The molecule has 0 aliphatic rings. The van der Waals surface area contributed by atoms with Crippen LogP contribution in [0.15, 0.2) is 100 Å². The Morgan fingerprint density at radius 1 is 0.896 bits per heavy atom. The molecule has 0 radical (unpaired) electrons. The number of fused-ring (bicyclic) bond motifs is 3. The Morgan fingerprint density at radius 2 is 1.50 bits per heavy atom. The van der Waals surface area contributed by atoms with E-state index in [1.54, 1.807) is 75.3 Å². The molecule has 0 spiro atoms. The van der Waals surface area contributed by atoms with Crippen LogP contribution in [0.2, 0.25) is 10.0 Å². The fourth-order valence-corrected chi connectivity index (χ4v) is 4.06. The molecule has 0 amide bonds. The summed E-state index contributed by atoms with van der Waals surface area (Å²) in [4.78, 5) is 35.2. The van der Waals surface area contributed by atoms with Gasteiger partial charge in [0.05, 0.1) is 15.7 Å². The number of hydrogen-bond donors (Lipinski definition) is 2. The number of phenols is 1. The summed E-state index contributed by atoms with van der Waals surface area (Å²) < 4.78 is 17.7. The second-order valence-corrected chi connectivity index (χ2v) is 9.98. The molecule has 6 rings (SSSR count). The van der Waals surface area contributed by atoms with Crippen molar-refractivity contribution >= 4 is 159 Å². The first-order valence-corrected chi connectivity index (χ1v) is 34.4. The number of nitrogens with zero attached hydrogens (tertiary/aromatic N) is 4. The first-order valence-electron chi connectivity index (χ1n) is 12.7. The second-order valence-electron chi connectivity index (χ2n) is 7.71. The van der Waals surface area contributed by atoms with Crippen LogP contribution in [-0.4, -0.2) is 99.3 Å². The molecule has 0 aliphatic heterocycles. The zero-order chi connectivity index (χ0) is 35.4. The number of rotatable bonds is 3. The van der Waals surface area contributed by atoms with Crippen molar-refractivity contribution in [3.63, 3.8) is 0 Å². The topological polar surface area (TPSA) is 195 Å². The molecule has 21 heteroatoms. The summed E-state index contributed by atoms with van der Waals surface area (Å²) in [6.45, 7) is 0. The van der Waals surface area contributed by atoms with Crippen LogP contribution >= 0.6 is 67.7 Å². The monoisotopic (exact) mass is 1010 g/mol. The molecule has 5 heterocycles. The summed E-state index contributed by atoms with van der Waals surface area (Å²) in [5.41, 5.74) is 4.16. The van der Waals surface area contributed by atoms with Gasteiger partial charge in [0.15, 0.2) is 11.2 Å². The van der Waals surface area contributed by atoms with E-state index in [0.717, 1.165) is 9.99 Å². The number of hydrogen-bond acceptors (Lipinski definition) is 11. The van der Waals surface area contributed by atoms with Gasteiger partial charge in [-0.1, -0.05) is 35.3 Å². The van der Waals surface area contributed by atoms with Crippen LogP contribution in [0, 0.1) is 0 Å². The molecule has 1 aromatic carbocycles. The van der Waals surface area contributed by atoms with E-state index in [0.29, 0.717) is 38.0 Å². The molecule has 0 saturated carbocycles. The summed E-state index contributed by atoms with van der Waals surface area (Å²) in [5, 5.41) is 27.5. The molecule has 12 nitrogen and oxygen atoms in total. The predicted octanol–water partition coefficient (Wildman–Crippen LogP) is 3.10. The molecule has 0 saturated heterocycles. The van der Waals surface area contributed by atoms with E-state index in [1.807, 2.05) is 24.3 Å². The number of benzene rings is 1. The Labute approximate surface area is 401 Å². The molecule has 0 fully saturated rings. The second kappa shape index (κ2) is 29.4. The standard InChI is InChI=1S/C11H7BrClNO.C10H5ClN2O.C6H5NO2.Cu.HI.3K.HO4P/c12-8-4-2-6-14-10(8)7-3-1-5-9(13)11(7)15;11-6-3-5-13-9-8-7(14-10(6)9)2-1-4-12-8;8-6(9)5-3-1-2-4-7-5;;;;;;1-4-5(2)3/h1-6,15H;1-5H;1-4H,(H,8,9);;1H;;;;1H/q;;;+1;;;;+1;/p-2. The fourth-order valence-electron chi connectivity index (χ4n) is 3.23. The molecule has 240 valence electrons. The number of para-hydroxylation sites is 1. The number of aromatic hydroxyl groups is 1. The minimum atomic E-state index is -3.15. The van der Waals surface area contributed by atoms with Crippen molar-refractivity contribution in [1.29, 1.82) is 0 Å². The van der Waals surface area contributed by atoms with E-state index in [2.05, 4.69) is 53.3 Å². The first kappa shape index (κ1) is 50.1. The third kappa shape index (κ3) is 17.5. The third-order valence-corrected chi connectivity index (χ3v) is 6.37. The number of phenolic OH excluding ortho intramolecular Hbond substituents is 1. The molecule has 1 unspecified atom stereocenters. The van der Waals surface area contributed by atoms with Gasteiger partial charge in [-0.25, -0.2) is 14.5 Å². The van der Waals surface area contributed by atoms with Crippen LogP contribution in [0.5, 0.6) is 5.75 Å². The zero-order valence-electron chi connectivity index (χ0n) is 25.1. The summed E-state index contributed by atoms with van der Waals surface area (Å²) in [7, 11) is -3.15. The van der Waals surface area contributed by atoms with Gasteiger partial charge in [-0.15, -0.1) is 0 Å². The molecule has 1 atom stereocenters. The number of pyridine rings is 4. The SMILES string of the molecule is Clc1ccnc2c1oc1cccnc12.O=C(O)c1ccccn1.O=[P+]([O-])O[O-].Oc1c(Cl)cccc1-c1ncccc1Br.[Cu][I].[K+].[K][K]. The van der Waals surface area contributed by atoms with Gasteiger partial charge >= 0.3 is 162 Å². The average molecular weight is 1010 g/mol. The van der Waals surface area contributed by atoms with Crippen LogP contribution in [0.1, 0.15) is 10.5 Å². The minimum absolute atomic E-state index is 0. The Balaban J connectivity index is 0.000000622. The van der Waals surface area contributed by atoms with Crippen LogP contribution in [0.4, 0.5) is 0 Å². The molecular formula is C27H17BrCl2CuIK3N4O8P. The summed E-state index contributed by atoms with van der Waals surface area (Å²) >= 11 is 23.5. The molecule has 6 aromatic rings. The molecule has 2 N–H and O–H groups in total. The van der Waals surface area contributed by atoms with Gasteiger partial charge in [0, 0.05) is 34.8 Å². The van der Waals surface area contributed by atoms with Crippen LogP contribution in [0.25, 0.3) is 33.5 Å². The van der Waals surface area contributed by atoms with Crippen LogP contribution in [0.3, 0.4) is 0 Å². The van der Waals surface area contributed by atoms with Crippen molar-refractivity contribution in [2.45, 2.75) is 0 Å². The van der Waals surface area contributed by atoms with Gasteiger partial charge in [-0.05, 0) is 75.1 Å². The van der Waals surface area contributed by atoms with Gasteiger partial charge in [0.25, 0.3) is 0 Å². The quantitative estimate of drug-likeness (QED) is 0.0867. The number of carbonyl (C=O) groups is 1. The van der Waals surface area contributed by atoms with E-state index < -0.39 is 14.2 Å². The summed E-state index contributed by atoms with van der Waals surface area (Å²) in [5.74, 6) is -0.936. The van der Waals surface area contributed by atoms with Crippen LogP contribution < -0.4 is 61.5 Å². The number of furan rings is 1. The number of carboxylic acid groups (broad SMARTS) is 1. The van der Waals surface area contributed by atoms with Crippen molar-refractivity contribution in [1.82, 2.24) is 19.9 Å². The van der Waals surface area contributed by atoms with Gasteiger partial charge in [0.2, 0.25) is 0 Å². The van der Waals surface area contributed by atoms with E-state index in [4.69, 9.17) is 47.4 Å². The van der Waals surface area contributed by atoms with Gasteiger partial charge in [-0.2, -0.15) is 0 Å². The molecule has 5 aromatic heterocycles. The average Bonchev–Trinajstić information content (AvgIpc) is 3.50. The normalized spacial score (nSPS) is 9.62. The number of halogens is 4. The molecule has 48 heavy (non-hydrogen) atoms. The summed E-state index contributed by atoms with van der Waals surface area (Å²) in [6.07, 6.45) is 6.47. The Morgan fingerprint density at radius 3 is 2.06 bits per heavy atom. The van der Waals surface area contributed by atoms with Crippen molar-refractivity contribution < 1.29 is 103 Å². The molecule has 0 aliphatic carbocycles. The molecule has 0 bridgehead atoms. The van der Waals surface area contributed by atoms with Crippen LogP contribution in [-0.2, 0) is 22.0 Å². The van der Waals surface area contributed by atoms with Gasteiger partial charge < -0.3 is 24.8 Å². The fraction of sp³-hybridized carbons (Fsp3) is 0. The van der Waals surface area contributed by atoms with Crippen molar-refractivity contribution in [2.75, 3.05) is 0 Å². The Hall–Kier alpha value is 2.09. The number of carboxylic acids is 1. The van der Waals surface area contributed by atoms with Gasteiger partial charge in [-0.3, -0.25) is 15.0 Å². The maximum atomic E-state index is 10.1. The predicted molar refractivity (Wildman–Crippen MR) is 184 cm³/mol. The molecular weight excluding hydrogens is 998 g/mol. The van der Waals surface area contributed by atoms with E-state index in [9.17, 15) is 9.90 Å². The van der Waals surface area contributed by atoms with E-state index >= 15 is 0 Å². The third-order valence-electron chi connectivity index (χ3n) is 5.01. The number of aromatic nitrogens is 4. The van der Waals surface area contributed by atoms with Gasteiger partial charge in [0.1, 0.15) is 22.5 Å². The maximum absolute atomic E-state index is 10.1.